The fourth-order valence-electron chi connectivity index (χ4n) is 2.45. The standard InChI is InChI=1S/C13H16F3N3O2/c1-8-11(3-2-6-17-8)18-12-5-4-9(19(20)21)7-10(12)13(14,15)16/h4-5,7-8,11,17-18H,2-3,6H2,1H3. The molecule has 8 heteroatoms. The molecule has 5 nitrogen and oxygen atoms in total. The van der Waals surface area contributed by atoms with Crippen LogP contribution in [0.1, 0.15) is 25.3 Å². The number of hydrogen-bond acceptors (Lipinski definition) is 4. The van der Waals surface area contributed by atoms with Gasteiger partial charge in [0.1, 0.15) is 0 Å². The molecule has 0 aromatic heterocycles. The highest BCUT2D eigenvalue weighted by atomic mass is 19.4. The van der Waals surface area contributed by atoms with Crippen molar-refractivity contribution in [2.24, 2.45) is 0 Å². The van der Waals surface area contributed by atoms with Gasteiger partial charge in [-0.15, -0.1) is 0 Å². The molecule has 2 N–H and O–H groups in total. The van der Waals surface area contributed by atoms with Gasteiger partial charge in [0.2, 0.25) is 0 Å². The van der Waals surface area contributed by atoms with Crippen LogP contribution >= 0.6 is 0 Å². The Bertz CT molecular complexity index is 534. The molecule has 1 aromatic rings. The van der Waals surface area contributed by atoms with Crippen molar-refractivity contribution in [1.29, 1.82) is 0 Å². The van der Waals surface area contributed by atoms with Gasteiger partial charge in [0.05, 0.1) is 10.5 Å². The number of anilines is 1. The van der Waals surface area contributed by atoms with E-state index < -0.39 is 22.4 Å². The summed E-state index contributed by atoms with van der Waals surface area (Å²) in [6.07, 6.45) is -3.02. The summed E-state index contributed by atoms with van der Waals surface area (Å²) in [6.45, 7) is 2.74. The highest BCUT2D eigenvalue weighted by Crippen LogP contribution is 2.37. The number of nitro benzene ring substituents is 1. The SMILES string of the molecule is CC1NCCCC1Nc1ccc([N+](=O)[O-])cc1C(F)(F)F. The van der Waals surface area contributed by atoms with Crippen molar-refractivity contribution in [2.45, 2.75) is 38.0 Å². The summed E-state index contributed by atoms with van der Waals surface area (Å²) in [6, 6.07) is 2.68. The van der Waals surface area contributed by atoms with Crippen molar-refractivity contribution in [1.82, 2.24) is 5.32 Å². The molecule has 2 unspecified atom stereocenters. The van der Waals surface area contributed by atoms with Gasteiger partial charge in [-0.2, -0.15) is 13.2 Å². The summed E-state index contributed by atoms with van der Waals surface area (Å²) in [7, 11) is 0. The molecule has 0 aliphatic carbocycles. The third-order valence-electron chi connectivity index (χ3n) is 3.62. The van der Waals surface area contributed by atoms with Gasteiger partial charge >= 0.3 is 6.18 Å². The van der Waals surface area contributed by atoms with Crippen LogP contribution in [-0.4, -0.2) is 23.6 Å². The Morgan fingerprint density at radius 2 is 2.14 bits per heavy atom. The predicted octanol–water partition coefficient (Wildman–Crippen LogP) is 3.17. The zero-order chi connectivity index (χ0) is 15.6. The maximum Gasteiger partial charge on any atom is 0.418 e. The zero-order valence-electron chi connectivity index (χ0n) is 11.4. The molecule has 1 aliphatic rings. The van der Waals surface area contributed by atoms with Crippen LogP contribution < -0.4 is 10.6 Å². The normalized spacial score (nSPS) is 22.9. The first kappa shape index (κ1) is 15.6. The summed E-state index contributed by atoms with van der Waals surface area (Å²) < 4.78 is 39.2. The number of hydrogen-bond donors (Lipinski definition) is 2. The molecule has 0 spiro atoms. The van der Waals surface area contributed by atoms with Crippen molar-refractivity contribution in [3.63, 3.8) is 0 Å². The third-order valence-corrected chi connectivity index (χ3v) is 3.62. The monoisotopic (exact) mass is 303 g/mol. The van der Waals surface area contributed by atoms with Crippen LogP contribution in [0.4, 0.5) is 24.5 Å². The minimum atomic E-state index is -4.64. The molecule has 1 heterocycles. The van der Waals surface area contributed by atoms with E-state index in [1.807, 2.05) is 6.92 Å². The molecular weight excluding hydrogens is 287 g/mol. The lowest BCUT2D eigenvalue weighted by Gasteiger charge is -2.32. The molecule has 2 atom stereocenters. The third kappa shape index (κ3) is 3.63. The van der Waals surface area contributed by atoms with Crippen molar-refractivity contribution < 1.29 is 18.1 Å². The fraction of sp³-hybridized carbons (Fsp3) is 0.538. The highest BCUT2D eigenvalue weighted by Gasteiger charge is 2.36. The molecule has 116 valence electrons. The highest BCUT2D eigenvalue weighted by molar-refractivity contribution is 5.58. The van der Waals surface area contributed by atoms with Gasteiger partial charge in [0, 0.05) is 29.9 Å². The summed E-state index contributed by atoms with van der Waals surface area (Å²) in [5, 5.41) is 16.7. The smallest absolute Gasteiger partial charge is 0.380 e. The molecule has 21 heavy (non-hydrogen) atoms. The van der Waals surface area contributed by atoms with Gasteiger partial charge in [-0.1, -0.05) is 0 Å². The Kier molecular flexibility index (Phi) is 4.36. The largest absolute Gasteiger partial charge is 0.418 e. The molecule has 1 saturated heterocycles. The molecule has 0 amide bonds. The topological polar surface area (TPSA) is 67.2 Å². The van der Waals surface area contributed by atoms with Gasteiger partial charge in [0.15, 0.2) is 0 Å². The Morgan fingerprint density at radius 3 is 2.71 bits per heavy atom. The number of halogens is 3. The van der Waals surface area contributed by atoms with Gasteiger partial charge < -0.3 is 10.6 Å². The number of benzene rings is 1. The number of non-ortho nitro benzene ring substituents is 1. The lowest BCUT2D eigenvalue weighted by atomic mass is 9.99. The number of nitrogens with one attached hydrogen (secondary N) is 2. The van der Waals surface area contributed by atoms with Crippen molar-refractivity contribution >= 4 is 11.4 Å². The molecule has 0 bridgehead atoms. The van der Waals surface area contributed by atoms with Crippen LogP contribution in [-0.2, 0) is 6.18 Å². The second kappa shape index (κ2) is 5.88. The van der Waals surface area contributed by atoms with Crippen LogP contribution in [0.3, 0.4) is 0 Å². The summed E-state index contributed by atoms with van der Waals surface area (Å²) in [5.41, 5.74) is -1.69. The Labute approximate surface area is 119 Å². The van der Waals surface area contributed by atoms with Crippen molar-refractivity contribution in [3.05, 3.63) is 33.9 Å². The van der Waals surface area contributed by atoms with Crippen LogP contribution in [0.15, 0.2) is 18.2 Å². The van der Waals surface area contributed by atoms with Gasteiger partial charge in [0.25, 0.3) is 5.69 Å². The lowest BCUT2D eigenvalue weighted by Crippen LogP contribution is -2.46. The van der Waals surface area contributed by atoms with E-state index in [4.69, 9.17) is 0 Å². The first-order chi connectivity index (χ1) is 9.79. The first-order valence-corrected chi connectivity index (χ1v) is 6.64. The van der Waals surface area contributed by atoms with E-state index in [0.717, 1.165) is 31.5 Å². The molecular formula is C13H16F3N3O2. The fourth-order valence-corrected chi connectivity index (χ4v) is 2.45. The molecule has 2 rings (SSSR count). The Morgan fingerprint density at radius 1 is 1.43 bits per heavy atom. The maximum absolute atomic E-state index is 13.1. The average molecular weight is 303 g/mol. The number of nitrogens with zero attached hydrogens (tertiary/aromatic N) is 1. The van der Waals surface area contributed by atoms with E-state index in [1.165, 1.54) is 0 Å². The Hall–Kier alpha value is -1.83. The van der Waals surface area contributed by atoms with Crippen LogP contribution in [0.2, 0.25) is 0 Å². The number of rotatable bonds is 3. The number of alkyl halides is 3. The van der Waals surface area contributed by atoms with E-state index in [0.29, 0.717) is 6.07 Å². The molecule has 1 aliphatic heterocycles. The quantitative estimate of drug-likeness (QED) is 0.665. The van der Waals surface area contributed by atoms with E-state index in [2.05, 4.69) is 10.6 Å². The van der Waals surface area contributed by atoms with Crippen LogP contribution in [0.5, 0.6) is 0 Å². The van der Waals surface area contributed by atoms with E-state index in [1.54, 1.807) is 0 Å². The minimum absolute atomic E-state index is 0.0371. The zero-order valence-corrected chi connectivity index (χ0v) is 11.4. The molecule has 1 fully saturated rings. The first-order valence-electron chi connectivity index (χ1n) is 6.64. The molecule has 1 aromatic carbocycles. The summed E-state index contributed by atoms with van der Waals surface area (Å²) in [4.78, 5) is 9.81. The van der Waals surface area contributed by atoms with Crippen molar-refractivity contribution in [3.8, 4) is 0 Å². The van der Waals surface area contributed by atoms with E-state index in [-0.39, 0.29) is 17.8 Å². The lowest BCUT2D eigenvalue weighted by molar-refractivity contribution is -0.385. The van der Waals surface area contributed by atoms with Gasteiger partial charge in [-0.3, -0.25) is 10.1 Å². The number of piperidine rings is 1. The summed E-state index contributed by atoms with van der Waals surface area (Å²) in [5.74, 6) is 0. The van der Waals surface area contributed by atoms with Gasteiger partial charge in [-0.05, 0) is 32.4 Å². The maximum atomic E-state index is 13.1. The molecule has 0 radical (unpaired) electrons. The Balaban J connectivity index is 2.31. The summed E-state index contributed by atoms with van der Waals surface area (Å²) >= 11 is 0. The predicted molar refractivity (Wildman–Crippen MR) is 72.2 cm³/mol. The van der Waals surface area contributed by atoms with Gasteiger partial charge in [-0.25, -0.2) is 0 Å². The van der Waals surface area contributed by atoms with Crippen molar-refractivity contribution in [2.75, 3.05) is 11.9 Å². The second-order valence-corrected chi connectivity index (χ2v) is 5.12. The second-order valence-electron chi connectivity index (χ2n) is 5.12. The average Bonchev–Trinajstić information content (AvgIpc) is 2.40. The van der Waals surface area contributed by atoms with E-state index in [9.17, 15) is 23.3 Å². The number of nitro groups is 1. The van der Waals surface area contributed by atoms with Crippen LogP contribution in [0.25, 0.3) is 0 Å². The minimum Gasteiger partial charge on any atom is -0.380 e. The van der Waals surface area contributed by atoms with E-state index >= 15 is 0 Å². The van der Waals surface area contributed by atoms with Crippen LogP contribution in [0, 0.1) is 10.1 Å². The molecule has 0 saturated carbocycles.